The van der Waals surface area contributed by atoms with Crippen molar-refractivity contribution in [2.24, 2.45) is 0 Å². The molecule has 0 radical (unpaired) electrons. The van der Waals surface area contributed by atoms with E-state index in [1.165, 1.54) is 17.2 Å². The van der Waals surface area contributed by atoms with E-state index in [9.17, 15) is 19.8 Å². The summed E-state index contributed by atoms with van der Waals surface area (Å²) in [4.78, 5) is 35.5. The molecule has 2 aromatic heterocycles. The van der Waals surface area contributed by atoms with Crippen LogP contribution in [-0.4, -0.2) is 66.6 Å². The van der Waals surface area contributed by atoms with Crippen molar-refractivity contribution < 1.29 is 34.0 Å². The van der Waals surface area contributed by atoms with Crippen LogP contribution in [0, 0.1) is 0 Å². The van der Waals surface area contributed by atoms with Crippen LogP contribution in [0.3, 0.4) is 0 Å². The third-order valence-corrected chi connectivity index (χ3v) is 4.64. The number of aromatic nitrogens is 4. The molecule has 12 nitrogen and oxygen atoms in total. The molecule has 0 bridgehead atoms. The fraction of sp³-hybridized carbons (Fsp3) is 0.500. The average Bonchev–Trinajstić information content (AvgIpc) is 3.28. The summed E-state index contributed by atoms with van der Waals surface area (Å²) in [6, 6.07) is 0. The van der Waals surface area contributed by atoms with E-state index in [2.05, 4.69) is 26.3 Å². The number of imidazole rings is 1. The Bertz CT molecular complexity index is 917. The zero-order valence-corrected chi connectivity index (χ0v) is 16.1. The highest BCUT2D eigenvalue weighted by atomic mass is 16.6. The van der Waals surface area contributed by atoms with E-state index in [1.807, 2.05) is 0 Å². The van der Waals surface area contributed by atoms with E-state index in [-0.39, 0.29) is 18.7 Å². The first-order chi connectivity index (χ1) is 14.5. The quantitative estimate of drug-likeness (QED) is 0.278. The zero-order chi connectivity index (χ0) is 21.7. The lowest BCUT2D eigenvalue weighted by atomic mass is 10.1. The first-order valence-corrected chi connectivity index (χ1v) is 9.33. The second-order valence-corrected chi connectivity index (χ2v) is 6.64. The molecule has 1 aliphatic rings. The van der Waals surface area contributed by atoms with E-state index in [0.717, 1.165) is 6.26 Å². The van der Waals surface area contributed by atoms with Gasteiger partial charge in [0.2, 0.25) is 0 Å². The van der Waals surface area contributed by atoms with Gasteiger partial charge in [-0.1, -0.05) is 6.58 Å². The highest BCUT2D eigenvalue weighted by Gasteiger charge is 2.47. The summed E-state index contributed by atoms with van der Waals surface area (Å²) in [5.74, 6) is -0.844. The molecular formula is C18H23N5O7. The summed E-state index contributed by atoms with van der Waals surface area (Å²) < 4.78 is 17.1. The first-order valence-electron chi connectivity index (χ1n) is 9.33. The second kappa shape index (κ2) is 9.61. The maximum Gasteiger partial charge on any atom is 0.310 e. The third-order valence-electron chi connectivity index (χ3n) is 4.64. The van der Waals surface area contributed by atoms with Crippen LogP contribution in [-0.2, 0) is 23.8 Å². The number of aliphatic hydroxyl groups is 2. The molecule has 2 unspecified atom stereocenters. The van der Waals surface area contributed by atoms with Crippen molar-refractivity contribution in [1.29, 1.82) is 0 Å². The van der Waals surface area contributed by atoms with Gasteiger partial charge in [-0.2, -0.15) is 0 Å². The Labute approximate surface area is 171 Å². The number of aliphatic hydroxyl groups excluding tert-OH is 2. The molecular weight excluding hydrogens is 398 g/mol. The van der Waals surface area contributed by atoms with Gasteiger partial charge in [0, 0.05) is 12.8 Å². The molecule has 12 heteroatoms. The molecule has 0 spiro atoms. The molecule has 3 rings (SSSR count). The van der Waals surface area contributed by atoms with Crippen LogP contribution >= 0.6 is 0 Å². The minimum absolute atomic E-state index is 0.0329. The van der Waals surface area contributed by atoms with Crippen LogP contribution < -0.4 is 5.73 Å². The molecule has 4 atom stereocenters. The number of nitrogens with zero attached hydrogens (tertiary/aromatic N) is 4. The standard InChI is InChI=1S/C18H23N5O7/c1-2-28-11(25)5-3-4-6-12(26)30-15-10(7-24)29-18(14(15)27)23-9-22-13-16(19)20-8-21-17(13)23/h2,8-10,14-15,18,24,27H,1,3-7H2,(H2,19,20,21)/t10-,14?,15?,18-/m1/s1. The molecule has 3 heterocycles. The smallest absolute Gasteiger partial charge is 0.310 e. The number of unbranched alkanes of at least 4 members (excludes halogenated alkanes) is 1. The summed E-state index contributed by atoms with van der Waals surface area (Å²) in [5, 5.41) is 20.3. The molecule has 0 saturated carbocycles. The zero-order valence-electron chi connectivity index (χ0n) is 16.1. The van der Waals surface area contributed by atoms with Gasteiger partial charge in [-0.15, -0.1) is 0 Å². The van der Waals surface area contributed by atoms with Crippen LogP contribution in [0.2, 0.25) is 0 Å². The van der Waals surface area contributed by atoms with Gasteiger partial charge in [0.15, 0.2) is 23.8 Å². The molecule has 1 fully saturated rings. The summed E-state index contributed by atoms with van der Waals surface area (Å²) in [6.07, 6.45) is 0.392. The number of carbonyl (C=O) groups is 2. The number of rotatable bonds is 9. The maximum atomic E-state index is 12.2. The van der Waals surface area contributed by atoms with Crippen LogP contribution in [0.25, 0.3) is 11.2 Å². The summed E-state index contributed by atoms with van der Waals surface area (Å²) in [7, 11) is 0. The van der Waals surface area contributed by atoms with E-state index in [0.29, 0.717) is 24.0 Å². The Hall–Kier alpha value is -3.09. The topological polar surface area (TPSA) is 172 Å². The molecule has 1 saturated heterocycles. The van der Waals surface area contributed by atoms with Crippen LogP contribution in [0.15, 0.2) is 25.5 Å². The SMILES string of the molecule is C=COC(=O)CCCCC(=O)OC1C(O)[C@H](n2cnc3c(N)ncnc32)O[C@@H]1CO. The number of anilines is 1. The number of ether oxygens (including phenoxy) is 3. The fourth-order valence-corrected chi connectivity index (χ4v) is 3.20. The van der Waals surface area contributed by atoms with Crippen molar-refractivity contribution in [1.82, 2.24) is 19.5 Å². The molecule has 0 amide bonds. The van der Waals surface area contributed by atoms with Crippen molar-refractivity contribution in [2.75, 3.05) is 12.3 Å². The van der Waals surface area contributed by atoms with Crippen molar-refractivity contribution in [3.63, 3.8) is 0 Å². The molecule has 0 aromatic carbocycles. The van der Waals surface area contributed by atoms with Gasteiger partial charge in [-0.3, -0.25) is 14.2 Å². The molecule has 30 heavy (non-hydrogen) atoms. The average molecular weight is 421 g/mol. The number of fused-ring (bicyclic) bond motifs is 1. The Morgan fingerprint density at radius 3 is 2.70 bits per heavy atom. The van der Waals surface area contributed by atoms with Gasteiger partial charge in [0.05, 0.1) is 19.2 Å². The highest BCUT2D eigenvalue weighted by molar-refractivity contribution is 5.81. The Kier molecular flexibility index (Phi) is 6.92. The van der Waals surface area contributed by atoms with Crippen LogP contribution in [0.4, 0.5) is 5.82 Å². The summed E-state index contributed by atoms with van der Waals surface area (Å²) in [5.41, 5.74) is 6.44. The largest absolute Gasteiger partial charge is 0.457 e. The Morgan fingerprint density at radius 2 is 2.00 bits per heavy atom. The van der Waals surface area contributed by atoms with Crippen LogP contribution in [0.5, 0.6) is 0 Å². The lowest BCUT2D eigenvalue weighted by Crippen LogP contribution is -2.37. The normalized spacial score (nSPS) is 23.4. The minimum Gasteiger partial charge on any atom is -0.457 e. The predicted octanol–water partition coefficient (Wildman–Crippen LogP) is -0.182. The van der Waals surface area contributed by atoms with Gasteiger partial charge in [-0.05, 0) is 12.8 Å². The Balaban J connectivity index is 1.61. The molecule has 162 valence electrons. The first kappa shape index (κ1) is 21.6. The van der Waals surface area contributed by atoms with Gasteiger partial charge in [-0.25, -0.2) is 15.0 Å². The van der Waals surface area contributed by atoms with Crippen molar-refractivity contribution in [2.45, 2.75) is 50.2 Å². The number of hydrogen-bond acceptors (Lipinski definition) is 11. The number of nitrogen functional groups attached to an aromatic ring is 1. The number of nitrogens with two attached hydrogens (primary N) is 1. The van der Waals surface area contributed by atoms with E-state index < -0.39 is 43.1 Å². The highest BCUT2D eigenvalue weighted by Crippen LogP contribution is 2.33. The second-order valence-electron chi connectivity index (χ2n) is 6.64. The lowest BCUT2D eigenvalue weighted by Gasteiger charge is -2.20. The van der Waals surface area contributed by atoms with Crippen molar-refractivity contribution in [3.8, 4) is 0 Å². The fourth-order valence-electron chi connectivity index (χ4n) is 3.20. The van der Waals surface area contributed by atoms with Gasteiger partial charge >= 0.3 is 11.9 Å². The summed E-state index contributed by atoms with van der Waals surface area (Å²) >= 11 is 0. The molecule has 2 aromatic rings. The van der Waals surface area contributed by atoms with E-state index in [4.69, 9.17) is 15.2 Å². The molecule has 0 aliphatic carbocycles. The van der Waals surface area contributed by atoms with Crippen LogP contribution in [0.1, 0.15) is 31.9 Å². The van der Waals surface area contributed by atoms with E-state index >= 15 is 0 Å². The third kappa shape index (κ3) is 4.56. The predicted molar refractivity (Wildman–Crippen MR) is 101 cm³/mol. The Morgan fingerprint density at radius 1 is 1.27 bits per heavy atom. The lowest BCUT2D eigenvalue weighted by molar-refractivity contribution is -0.157. The van der Waals surface area contributed by atoms with Gasteiger partial charge in [0.1, 0.15) is 24.1 Å². The minimum atomic E-state index is -1.28. The maximum absolute atomic E-state index is 12.2. The molecule has 4 N–H and O–H groups in total. The van der Waals surface area contributed by atoms with Crippen molar-refractivity contribution >= 4 is 28.9 Å². The number of hydrogen-bond donors (Lipinski definition) is 3. The van der Waals surface area contributed by atoms with E-state index in [1.54, 1.807) is 0 Å². The van der Waals surface area contributed by atoms with Crippen molar-refractivity contribution in [3.05, 3.63) is 25.5 Å². The van der Waals surface area contributed by atoms with Gasteiger partial charge in [0.25, 0.3) is 0 Å². The molecule has 1 aliphatic heterocycles. The van der Waals surface area contributed by atoms with Gasteiger partial charge < -0.3 is 30.2 Å². The monoisotopic (exact) mass is 421 g/mol. The number of carbonyl (C=O) groups excluding carboxylic acids is 2. The number of esters is 2. The summed E-state index contributed by atoms with van der Waals surface area (Å²) in [6.45, 7) is 2.82.